The molecule has 0 saturated heterocycles. The average molecular weight is 638 g/mol. The van der Waals surface area contributed by atoms with Crippen LogP contribution in [0.25, 0.3) is 11.8 Å². The minimum Gasteiger partial charge on any atom is -0.490 e. The first-order chi connectivity index (χ1) is 22.3. The molecule has 0 aliphatic rings. The Hall–Kier alpha value is -5.54. The van der Waals surface area contributed by atoms with Gasteiger partial charge in [0.05, 0.1) is 12.8 Å². The van der Waals surface area contributed by atoms with Crippen LogP contribution in [0.5, 0.6) is 17.2 Å². The number of hydrazone groups is 1. The van der Waals surface area contributed by atoms with Crippen molar-refractivity contribution in [1.82, 2.24) is 9.99 Å². The zero-order valence-electron chi connectivity index (χ0n) is 25.5. The summed E-state index contributed by atoms with van der Waals surface area (Å²) in [5.74, 6) is 0.779. The van der Waals surface area contributed by atoms with E-state index in [1.165, 1.54) is 12.3 Å². The molecule has 5 aromatic rings. The van der Waals surface area contributed by atoms with E-state index in [1.807, 2.05) is 31.2 Å². The molecular formula is C36H32ClN3O6. The number of nitrogens with one attached hydrogen (secondary N) is 1. The number of aryl methyl sites for hydroxylation is 2. The number of carbonyl (C=O) groups excluding carboxylic acids is 2. The standard InChI is InChI=1S/C36H32ClN3O6/c1-4-43-34-21-27(9-18-32(34)46-35(41)20-10-26-7-11-28(37)12-8-26)22-38-39-36(42)33-19-17-31(45-33)23-44-30-15-13-29(14-16-30)40-24(2)5-6-25(40)3/h5-22H,4,23H2,1-3H3,(H,39,42)/b20-10+,38-22+. The lowest BCUT2D eigenvalue weighted by atomic mass is 10.2. The Labute approximate surface area is 271 Å². The molecule has 0 aliphatic heterocycles. The van der Waals surface area contributed by atoms with Gasteiger partial charge in [0.25, 0.3) is 0 Å². The summed E-state index contributed by atoms with van der Waals surface area (Å²) in [6.45, 7) is 6.46. The molecule has 0 bridgehead atoms. The molecule has 5 rings (SSSR count). The molecule has 3 aromatic carbocycles. The monoisotopic (exact) mass is 637 g/mol. The van der Waals surface area contributed by atoms with Crippen molar-refractivity contribution in [3.8, 4) is 22.9 Å². The number of hydrogen-bond acceptors (Lipinski definition) is 7. The first kappa shape index (κ1) is 31.9. The van der Waals surface area contributed by atoms with Crippen LogP contribution in [0.15, 0.2) is 107 Å². The molecule has 9 nitrogen and oxygen atoms in total. The van der Waals surface area contributed by atoms with Crippen molar-refractivity contribution in [3.05, 3.63) is 136 Å². The number of carbonyl (C=O) groups is 2. The van der Waals surface area contributed by atoms with Gasteiger partial charge in [0.1, 0.15) is 18.1 Å². The van der Waals surface area contributed by atoms with Gasteiger partial charge in [0, 0.05) is 28.2 Å². The van der Waals surface area contributed by atoms with Crippen LogP contribution in [0.2, 0.25) is 5.02 Å². The second-order valence-corrected chi connectivity index (χ2v) is 10.6. The Kier molecular flexibility index (Phi) is 10.4. The topological polar surface area (TPSA) is 104 Å². The summed E-state index contributed by atoms with van der Waals surface area (Å²) < 4.78 is 24.8. The highest BCUT2D eigenvalue weighted by Gasteiger charge is 2.12. The van der Waals surface area contributed by atoms with Crippen LogP contribution >= 0.6 is 11.6 Å². The summed E-state index contributed by atoms with van der Waals surface area (Å²) in [6.07, 6.45) is 4.39. The zero-order valence-corrected chi connectivity index (χ0v) is 26.3. The van der Waals surface area contributed by atoms with Gasteiger partial charge in [-0.15, -0.1) is 0 Å². The van der Waals surface area contributed by atoms with Gasteiger partial charge in [-0.25, -0.2) is 10.2 Å². The zero-order chi connectivity index (χ0) is 32.5. The Balaban J connectivity index is 1.13. The van der Waals surface area contributed by atoms with Crippen LogP contribution in [0.4, 0.5) is 0 Å². The number of hydrogen-bond donors (Lipinski definition) is 1. The molecule has 0 unspecified atom stereocenters. The second-order valence-electron chi connectivity index (χ2n) is 10.1. The van der Waals surface area contributed by atoms with E-state index >= 15 is 0 Å². The number of rotatable bonds is 12. The summed E-state index contributed by atoms with van der Waals surface area (Å²) in [6, 6.07) is 27.2. The smallest absolute Gasteiger partial charge is 0.336 e. The Morgan fingerprint density at radius 1 is 0.870 bits per heavy atom. The maximum absolute atomic E-state index is 12.6. The van der Waals surface area contributed by atoms with Gasteiger partial charge in [0.2, 0.25) is 0 Å². The Morgan fingerprint density at radius 3 is 2.30 bits per heavy atom. The summed E-state index contributed by atoms with van der Waals surface area (Å²) in [7, 11) is 0. The van der Waals surface area contributed by atoms with Crippen LogP contribution in [-0.4, -0.2) is 29.3 Å². The molecule has 0 saturated carbocycles. The fourth-order valence-electron chi connectivity index (χ4n) is 4.56. The Morgan fingerprint density at radius 2 is 1.59 bits per heavy atom. The minimum atomic E-state index is -0.566. The van der Waals surface area contributed by atoms with Crippen molar-refractivity contribution in [3.63, 3.8) is 0 Å². The van der Waals surface area contributed by atoms with Gasteiger partial charge in [0.15, 0.2) is 17.3 Å². The fraction of sp³-hybridized carbons (Fsp3) is 0.139. The van der Waals surface area contributed by atoms with Gasteiger partial charge >= 0.3 is 11.9 Å². The number of nitrogens with zero attached hydrogens (tertiary/aromatic N) is 2. The molecule has 234 valence electrons. The highest BCUT2D eigenvalue weighted by Crippen LogP contribution is 2.28. The molecular weight excluding hydrogens is 606 g/mol. The maximum atomic E-state index is 12.6. The molecule has 0 fully saturated rings. The molecule has 1 N–H and O–H groups in total. The molecule has 46 heavy (non-hydrogen) atoms. The summed E-state index contributed by atoms with van der Waals surface area (Å²) >= 11 is 5.90. The van der Waals surface area contributed by atoms with Crippen molar-refractivity contribution in [2.24, 2.45) is 5.10 Å². The van der Waals surface area contributed by atoms with Crippen molar-refractivity contribution in [2.45, 2.75) is 27.4 Å². The summed E-state index contributed by atoms with van der Waals surface area (Å²) in [4.78, 5) is 25.0. The van der Waals surface area contributed by atoms with Crippen molar-refractivity contribution in [2.75, 3.05) is 6.61 Å². The molecule has 0 aliphatic carbocycles. The largest absolute Gasteiger partial charge is 0.490 e. The number of furan rings is 1. The number of aromatic nitrogens is 1. The third kappa shape index (κ3) is 8.34. The molecule has 0 atom stereocenters. The minimum absolute atomic E-state index is 0.0913. The number of halogens is 1. The highest BCUT2D eigenvalue weighted by atomic mass is 35.5. The van der Waals surface area contributed by atoms with Gasteiger partial charge in [-0.2, -0.15) is 5.10 Å². The summed E-state index contributed by atoms with van der Waals surface area (Å²) in [5, 5.41) is 4.63. The molecule has 2 aromatic heterocycles. The maximum Gasteiger partial charge on any atom is 0.336 e. The van der Waals surface area contributed by atoms with E-state index in [2.05, 4.69) is 41.1 Å². The van der Waals surface area contributed by atoms with Crippen LogP contribution in [0.1, 0.15) is 45.8 Å². The molecule has 10 heteroatoms. The lowest BCUT2D eigenvalue weighted by Gasteiger charge is -2.10. The van der Waals surface area contributed by atoms with E-state index in [4.69, 9.17) is 30.2 Å². The average Bonchev–Trinajstić information content (AvgIpc) is 3.67. The van der Waals surface area contributed by atoms with Crippen molar-refractivity contribution >= 4 is 35.8 Å². The molecule has 0 radical (unpaired) electrons. The number of amides is 1. The number of esters is 1. The van der Waals surface area contributed by atoms with Gasteiger partial charge < -0.3 is 23.2 Å². The van der Waals surface area contributed by atoms with E-state index < -0.39 is 11.9 Å². The van der Waals surface area contributed by atoms with Crippen molar-refractivity contribution < 1.29 is 28.2 Å². The van der Waals surface area contributed by atoms with Crippen molar-refractivity contribution in [1.29, 1.82) is 0 Å². The first-order valence-electron chi connectivity index (χ1n) is 14.5. The van der Waals surface area contributed by atoms with E-state index in [9.17, 15) is 9.59 Å². The predicted octanol–water partition coefficient (Wildman–Crippen LogP) is 7.70. The van der Waals surface area contributed by atoms with Crippen LogP contribution in [-0.2, 0) is 11.4 Å². The van der Waals surface area contributed by atoms with E-state index in [1.54, 1.807) is 60.7 Å². The van der Waals surface area contributed by atoms with E-state index in [0.717, 1.165) is 22.6 Å². The molecule has 2 heterocycles. The fourth-order valence-corrected chi connectivity index (χ4v) is 4.68. The molecule has 0 spiro atoms. The van der Waals surface area contributed by atoms with E-state index in [0.29, 0.717) is 34.5 Å². The van der Waals surface area contributed by atoms with Gasteiger partial charge in [-0.05, 0) is 117 Å². The third-order valence-electron chi connectivity index (χ3n) is 6.77. The highest BCUT2D eigenvalue weighted by molar-refractivity contribution is 6.30. The SMILES string of the molecule is CCOc1cc(/C=N/NC(=O)c2ccc(COc3ccc(-n4c(C)ccc4C)cc3)o2)ccc1OC(=O)/C=C/c1ccc(Cl)cc1. The van der Waals surface area contributed by atoms with Gasteiger partial charge in [-0.1, -0.05) is 23.7 Å². The third-order valence-corrected chi connectivity index (χ3v) is 7.02. The number of ether oxygens (including phenoxy) is 3. The van der Waals surface area contributed by atoms with Gasteiger partial charge in [-0.3, -0.25) is 4.79 Å². The quantitative estimate of drug-likeness (QED) is 0.0494. The lowest BCUT2D eigenvalue weighted by molar-refractivity contribution is -0.129. The lowest BCUT2D eigenvalue weighted by Crippen LogP contribution is -2.16. The van der Waals surface area contributed by atoms with Crippen LogP contribution < -0.4 is 19.6 Å². The van der Waals surface area contributed by atoms with E-state index in [-0.39, 0.29) is 18.1 Å². The summed E-state index contributed by atoms with van der Waals surface area (Å²) in [5.41, 5.74) is 7.23. The van der Waals surface area contributed by atoms with Crippen LogP contribution in [0.3, 0.4) is 0 Å². The first-order valence-corrected chi connectivity index (χ1v) is 14.9. The second kappa shape index (κ2) is 15.0. The Bertz CT molecular complexity index is 1850. The predicted molar refractivity (Wildman–Crippen MR) is 177 cm³/mol. The molecule has 1 amide bonds. The number of benzene rings is 3. The van der Waals surface area contributed by atoms with Crippen LogP contribution in [0, 0.1) is 13.8 Å². The normalized spacial score (nSPS) is 11.2.